The van der Waals surface area contributed by atoms with E-state index in [9.17, 15) is 19.5 Å². The second-order valence-electron chi connectivity index (χ2n) is 4.86. The van der Waals surface area contributed by atoms with E-state index in [1.54, 1.807) is 4.90 Å². The van der Waals surface area contributed by atoms with Crippen LogP contribution in [-0.2, 0) is 9.59 Å². The summed E-state index contributed by atoms with van der Waals surface area (Å²) in [4.78, 5) is 36.0. The number of carbonyl (C=O) groups is 3. The molecule has 1 aromatic rings. The fourth-order valence-electron chi connectivity index (χ4n) is 2.26. The lowest BCUT2D eigenvalue weighted by molar-refractivity contribution is -0.128. The summed E-state index contributed by atoms with van der Waals surface area (Å²) >= 11 is 0. The molecule has 0 spiro atoms. The molecule has 3 N–H and O–H groups in total. The zero-order valence-corrected chi connectivity index (χ0v) is 11.5. The van der Waals surface area contributed by atoms with E-state index in [0.29, 0.717) is 13.1 Å². The molecule has 0 radical (unpaired) electrons. The van der Waals surface area contributed by atoms with E-state index >= 15 is 0 Å². The molecule has 7 heteroatoms. The quantitative estimate of drug-likeness (QED) is 0.715. The Morgan fingerprint density at radius 1 is 1.43 bits per heavy atom. The van der Waals surface area contributed by atoms with E-state index in [1.165, 1.54) is 12.1 Å². The number of phenols is 1. The molecule has 21 heavy (non-hydrogen) atoms. The van der Waals surface area contributed by atoms with Gasteiger partial charge in [-0.25, -0.2) is 4.79 Å². The Labute approximate surface area is 121 Å². The van der Waals surface area contributed by atoms with Gasteiger partial charge in [0.1, 0.15) is 5.75 Å². The monoisotopic (exact) mass is 292 g/mol. The number of nitrogens with one attached hydrogen (secondary N) is 1. The molecule has 1 fully saturated rings. The number of hydrogen-bond acceptors (Lipinski definition) is 4. The molecule has 1 aliphatic rings. The van der Waals surface area contributed by atoms with E-state index in [2.05, 4.69) is 5.32 Å². The number of aromatic hydroxyl groups is 1. The van der Waals surface area contributed by atoms with Crippen LogP contribution < -0.4 is 5.32 Å². The molecular formula is C14H16N2O5. The molecule has 0 bridgehead atoms. The minimum absolute atomic E-state index is 0.0666. The number of rotatable bonds is 4. The Hall–Kier alpha value is -2.57. The molecule has 1 aromatic carbocycles. The summed E-state index contributed by atoms with van der Waals surface area (Å²) in [6, 6.07) is 3.68. The number of carbonyl (C=O) groups excluding carboxylic acids is 2. The molecule has 1 saturated heterocycles. The lowest BCUT2D eigenvalue weighted by Gasteiger charge is -2.14. The third kappa shape index (κ3) is 3.13. The van der Waals surface area contributed by atoms with Gasteiger partial charge in [0.2, 0.25) is 11.8 Å². The Bertz CT molecular complexity index is 599. The molecule has 0 saturated carbocycles. The first-order valence-corrected chi connectivity index (χ1v) is 6.57. The van der Waals surface area contributed by atoms with Gasteiger partial charge in [-0.1, -0.05) is 0 Å². The van der Waals surface area contributed by atoms with Crippen LogP contribution in [-0.4, -0.2) is 46.0 Å². The van der Waals surface area contributed by atoms with Gasteiger partial charge in [-0.15, -0.1) is 0 Å². The zero-order chi connectivity index (χ0) is 15.6. The number of nitrogens with zero attached hydrogens (tertiary/aromatic N) is 1. The molecule has 112 valence electrons. The molecule has 1 unspecified atom stereocenters. The maximum absolute atomic E-state index is 12.1. The SMILES string of the molecule is CCN1CC(C(=O)Nc2ccc(C(=O)O)cc2O)CC1=O. The van der Waals surface area contributed by atoms with Crippen molar-refractivity contribution in [3.05, 3.63) is 23.8 Å². The summed E-state index contributed by atoms with van der Waals surface area (Å²) in [7, 11) is 0. The highest BCUT2D eigenvalue weighted by Crippen LogP contribution is 2.26. The fourth-order valence-corrected chi connectivity index (χ4v) is 2.26. The van der Waals surface area contributed by atoms with Gasteiger partial charge in [0, 0.05) is 19.5 Å². The average Bonchev–Trinajstić information content (AvgIpc) is 2.82. The first-order valence-electron chi connectivity index (χ1n) is 6.57. The number of aromatic carboxylic acids is 1. The molecular weight excluding hydrogens is 276 g/mol. The van der Waals surface area contributed by atoms with Crippen molar-refractivity contribution < 1.29 is 24.6 Å². The number of hydrogen-bond donors (Lipinski definition) is 3. The van der Waals surface area contributed by atoms with Crippen molar-refractivity contribution in [3.63, 3.8) is 0 Å². The van der Waals surface area contributed by atoms with Crippen LogP contribution in [0.4, 0.5) is 5.69 Å². The topological polar surface area (TPSA) is 107 Å². The summed E-state index contributed by atoms with van der Waals surface area (Å²) < 4.78 is 0. The van der Waals surface area contributed by atoms with Crippen molar-refractivity contribution in [2.24, 2.45) is 5.92 Å². The van der Waals surface area contributed by atoms with Gasteiger partial charge in [-0.2, -0.15) is 0 Å². The van der Waals surface area contributed by atoms with Crippen LogP contribution in [0.25, 0.3) is 0 Å². The third-order valence-corrected chi connectivity index (χ3v) is 3.47. The molecule has 1 heterocycles. The maximum atomic E-state index is 12.1. The lowest BCUT2D eigenvalue weighted by atomic mass is 10.1. The number of carboxylic acids is 1. The fraction of sp³-hybridized carbons (Fsp3) is 0.357. The smallest absolute Gasteiger partial charge is 0.335 e. The number of benzene rings is 1. The third-order valence-electron chi connectivity index (χ3n) is 3.47. The van der Waals surface area contributed by atoms with Gasteiger partial charge in [0.25, 0.3) is 0 Å². The normalized spacial score (nSPS) is 17.9. The average molecular weight is 292 g/mol. The number of amides is 2. The first kappa shape index (κ1) is 14.8. The number of likely N-dealkylation sites (tertiary alicyclic amines) is 1. The molecule has 0 aliphatic carbocycles. The predicted octanol–water partition coefficient (Wildman–Crippen LogP) is 0.897. The van der Waals surface area contributed by atoms with Crippen molar-refractivity contribution >= 4 is 23.5 Å². The minimum atomic E-state index is -1.16. The van der Waals surface area contributed by atoms with Crippen LogP contribution in [0, 0.1) is 5.92 Å². The Morgan fingerprint density at radius 3 is 2.67 bits per heavy atom. The predicted molar refractivity (Wildman–Crippen MR) is 74.1 cm³/mol. The van der Waals surface area contributed by atoms with Gasteiger partial charge in [-0.3, -0.25) is 9.59 Å². The second kappa shape index (κ2) is 5.82. The molecule has 0 aromatic heterocycles. The molecule has 7 nitrogen and oxygen atoms in total. The van der Waals surface area contributed by atoms with E-state index in [4.69, 9.17) is 5.11 Å². The van der Waals surface area contributed by atoms with E-state index in [-0.39, 0.29) is 35.2 Å². The Morgan fingerprint density at radius 2 is 2.14 bits per heavy atom. The van der Waals surface area contributed by atoms with E-state index in [1.807, 2.05) is 6.92 Å². The number of carboxylic acid groups (broad SMARTS) is 1. The first-order chi connectivity index (χ1) is 9.92. The lowest BCUT2D eigenvalue weighted by Crippen LogP contribution is -2.28. The summed E-state index contributed by atoms with van der Waals surface area (Å²) in [5.41, 5.74) is 0.0612. The van der Waals surface area contributed by atoms with E-state index in [0.717, 1.165) is 6.07 Å². The van der Waals surface area contributed by atoms with Crippen molar-refractivity contribution in [2.75, 3.05) is 18.4 Å². The zero-order valence-electron chi connectivity index (χ0n) is 11.5. The summed E-state index contributed by atoms with van der Waals surface area (Å²) in [6.45, 7) is 2.75. The number of phenolic OH excluding ortho intramolecular Hbond substituents is 1. The maximum Gasteiger partial charge on any atom is 0.335 e. The standard InChI is InChI=1S/C14H16N2O5/c1-2-16-7-9(6-12(16)18)13(19)15-10-4-3-8(14(20)21)5-11(10)17/h3-5,9,17H,2,6-7H2,1H3,(H,15,19)(H,20,21). The van der Waals surface area contributed by atoms with Crippen molar-refractivity contribution in [3.8, 4) is 5.75 Å². The number of anilines is 1. The molecule has 2 rings (SSSR count). The van der Waals surface area contributed by atoms with Crippen LogP contribution in [0.5, 0.6) is 5.75 Å². The van der Waals surface area contributed by atoms with Crippen LogP contribution in [0.15, 0.2) is 18.2 Å². The highest BCUT2D eigenvalue weighted by atomic mass is 16.4. The summed E-state index contributed by atoms with van der Waals surface area (Å²) in [5, 5.41) is 21.0. The molecule has 1 atom stereocenters. The van der Waals surface area contributed by atoms with Gasteiger partial charge < -0.3 is 20.4 Å². The van der Waals surface area contributed by atoms with Crippen molar-refractivity contribution in [1.29, 1.82) is 0 Å². The largest absolute Gasteiger partial charge is 0.506 e. The van der Waals surface area contributed by atoms with Crippen LogP contribution >= 0.6 is 0 Å². The summed E-state index contributed by atoms with van der Waals surface area (Å²) in [5.74, 6) is -2.38. The van der Waals surface area contributed by atoms with Crippen LogP contribution in [0.1, 0.15) is 23.7 Å². The van der Waals surface area contributed by atoms with Crippen molar-refractivity contribution in [1.82, 2.24) is 4.90 Å². The molecule has 1 aliphatic heterocycles. The van der Waals surface area contributed by atoms with Crippen LogP contribution in [0.2, 0.25) is 0 Å². The van der Waals surface area contributed by atoms with E-state index < -0.39 is 11.9 Å². The van der Waals surface area contributed by atoms with Gasteiger partial charge in [-0.05, 0) is 25.1 Å². The Balaban J connectivity index is 2.07. The van der Waals surface area contributed by atoms with Gasteiger partial charge in [0.15, 0.2) is 0 Å². The highest BCUT2D eigenvalue weighted by molar-refractivity contribution is 5.98. The Kier molecular flexibility index (Phi) is 4.11. The van der Waals surface area contributed by atoms with Gasteiger partial charge >= 0.3 is 5.97 Å². The van der Waals surface area contributed by atoms with Crippen LogP contribution in [0.3, 0.4) is 0 Å². The highest BCUT2D eigenvalue weighted by Gasteiger charge is 2.33. The second-order valence-corrected chi connectivity index (χ2v) is 4.86. The minimum Gasteiger partial charge on any atom is -0.506 e. The molecule has 2 amide bonds. The van der Waals surface area contributed by atoms with Gasteiger partial charge in [0.05, 0.1) is 17.2 Å². The summed E-state index contributed by atoms with van der Waals surface area (Å²) in [6.07, 6.45) is 0.146. The van der Waals surface area contributed by atoms with Crippen molar-refractivity contribution in [2.45, 2.75) is 13.3 Å².